The minimum atomic E-state index is -4.87. The Kier molecular flexibility index (Phi) is 7.62. The van der Waals surface area contributed by atoms with Gasteiger partial charge in [-0.05, 0) is 68.4 Å². The highest BCUT2D eigenvalue weighted by atomic mass is 32.2. The van der Waals surface area contributed by atoms with Gasteiger partial charge in [0.1, 0.15) is 9.79 Å². The van der Waals surface area contributed by atoms with Crippen molar-refractivity contribution in [2.45, 2.75) is 29.9 Å². The lowest BCUT2D eigenvalue weighted by atomic mass is 10.0. The van der Waals surface area contributed by atoms with Crippen LogP contribution in [0.2, 0.25) is 0 Å². The lowest BCUT2D eigenvalue weighted by Gasteiger charge is -2.23. The van der Waals surface area contributed by atoms with Crippen LogP contribution in [0.4, 0.5) is 0 Å². The zero-order chi connectivity index (χ0) is 35.9. The number of rotatable bonds is 5. The fraction of sp³-hybridized carbons (Fsp3) is 0.0833. The highest BCUT2D eigenvalue weighted by molar-refractivity contribution is 7.86. The molecule has 252 valence electrons. The van der Waals surface area contributed by atoms with E-state index in [1.54, 1.807) is 44.2 Å². The molecule has 0 fully saturated rings. The maximum absolute atomic E-state index is 14.4. The lowest BCUT2D eigenvalue weighted by Crippen LogP contribution is -2.22. The van der Waals surface area contributed by atoms with E-state index in [4.69, 9.17) is 0 Å². The summed E-state index contributed by atoms with van der Waals surface area (Å²) in [7, 11) is -9.69. The molecule has 0 aliphatic heterocycles. The molecule has 3 N–H and O–H groups in total. The van der Waals surface area contributed by atoms with Crippen molar-refractivity contribution in [3.05, 3.63) is 140 Å². The molecule has 0 bridgehead atoms. The molecule has 14 heteroatoms. The van der Waals surface area contributed by atoms with Crippen LogP contribution in [0.25, 0.3) is 43.6 Å². The Labute approximate surface area is 283 Å². The molecule has 0 amide bonds. The molecule has 50 heavy (non-hydrogen) atoms. The normalized spacial score (nSPS) is 13.0. The van der Waals surface area contributed by atoms with E-state index in [0.717, 1.165) is 16.7 Å². The van der Waals surface area contributed by atoms with Gasteiger partial charge in [-0.3, -0.25) is 28.1 Å². The third-order valence-corrected chi connectivity index (χ3v) is 10.6. The summed E-state index contributed by atoms with van der Waals surface area (Å²) in [6.07, 6.45) is -1.81. The van der Waals surface area contributed by atoms with Crippen LogP contribution in [-0.4, -0.2) is 46.1 Å². The number of aliphatic hydroxyl groups is 1. The summed E-state index contributed by atoms with van der Waals surface area (Å²) < 4.78 is 71.6. The fourth-order valence-electron chi connectivity index (χ4n) is 6.48. The summed E-state index contributed by atoms with van der Waals surface area (Å²) in [6, 6.07) is 22.4. The number of carbonyl (C=O) groups excluding carboxylic acids is 1. The predicted molar refractivity (Wildman–Crippen MR) is 187 cm³/mol. The molecular weight excluding hydrogens is 685 g/mol. The number of aryl methyl sites for hydroxylation is 2. The van der Waals surface area contributed by atoms with Crippen molar-refractivity contribution in [1.82, 2.24) is 9.13 Å². The molecule has 0 saturated carbocycles. The summed E-state index contributed by atoms with van der Waals surface area (Å²) in [5.74, 6) is -0.921. The summed E-state index contributed by atoms with van der Waals surface area (Å²) >= 11 is 0. The molecule has 5 aromatic carbocycles. The molecule has 0 aliphatic rings. The third-order valence-electron chi connectivity index (χ3n) is 8.72. The quantitative estimate of drug-likeness (QED) is 0.163. The minimum Gasteiger partial charge on any atom is -0.369 e. The van der Waals surface area contributed by atoms with Crippen LogP contribution in [0.5, 0.6) is 0 Å². The second-order valence-corrected chi connectivity index (χ2v) is 14.7. The van der Waals surface area contributed by atoms with E-state index in [9.17, 15) is 45.4 Å². The number of pyridine rings is 2. The first-order valence-electron chi connectivity index (χ1n) is 15.0. The van der Waals surface area contributed by atoms with Crippen LogP contribution in [0, 0.1) is 13.8 Å². The van der Waals surface area contributed by atoms with Gasteiger partial charge in [0.05, 0.1) is 27.6 Å². The van der Waals surface area contributed by atoms with Crippen molar-refractivity contribution in [2.24, 2.45) is 0 Å². The molecule has 1 unspecified atom stereocenters. The molecular formula is C36H26N2O10S2. The molecule has 2 heterocycles. The largest absolute Gasteiger partial charge is 0.369 e. The molecule has 7 aromatic rings. The predicted octanol–water partition coefficient (Wildman–Crippen LogP) is 4.96. The highest BCUT2D eigenvalue weighted by Gasteiger charge is 2.28. The number of fused-ring (bicyclic) bond motifs is 4. The molecule has 0 aliphatic carbocycles. The van der Waals surface area contributed by atoms with Crippen molar-refractivity contribution in [2.75, 3.05) is 0 Å². The van der Waals surface area contributed by atoms with Gasteiger partial charge in [-0.1, -0.05) is 53.6 Å². The van der Waals surface area contributed by atoms with Crippen molar-refractivity contribution in [3.8, 4) is 0 Å². The standard InChI is InChI=1S/C36H26N2O10S2/c1-19-11-13-27-23(15-19)33(39)25-17-30-26(18-29(25)37(27)35(41)21-7-3-5-9-31(21)49(43,44)45)34(40)24-16-20(2)12-14-28(24)38(30)36(42)22-8-4-6-10-32(22)50(46,47)48/h3-18,35,41H,1-2H3,(H,43,44,45)(H,46,47,48). The van der Waals surface area contributed by atoms with E-state index >= 15 is 0 Å². The second-order valence-electron chi connectivity index (χ2n) is 12.0. The Hall–Kier alpha value is -5.51. The number of hydrogen-bond donors (Lipinski definition) is 3. The second kappa shape index (κ2) is 11.5. The SMILES string of the molecule is Cc1ccc2c(c1)c(=O)c1cc3c(cc1n2C(=O)c1ccccc1S(=O)(=O)O)c(=O)c1cc(C)ccc1n3C(O)c1ccccc1S(=O)(=O)O. The van der Waals surface area contributed by atoms with Gasteiger partial charge in [0.25, 0.3) is 26.1 Å². The Bertz CT molecular complexity index is 2980. The van der Waals surface area contributed by atoms with E-state index < -0.39 is 58.6 Å². The highest BCUT2D eigenvalue weighted by Crippen LogP contribution is 2.33. The zero-order valence-electron chi connectivity index (χ0n) is 26.2. The average Bonchev–Trinajstić information content (AvgIpc) is 3.07. The Morgan fingerprint density at radius 3 is 1.70 bits per heavy atom. The molecule has 12 nitrogen and oxygen atoms in total. The van der Waals surface area contributed by atoms with E-state index in [2.05, 4.69) is 0 Å². The Balaban J connectivity index is 1.69. The molecule has 1 atom stereocenters. The molecule has 0 radical (unpaired) electrons. The summed E-state index contributed by atoms with van der Waals surface area (Å²) in [5, 5.41) is 11.9. The van der Waals surface area contributed by atoms with Crippen molar-refractivity contribution < 1.29 is 35.8 Å². The van der Waals surface area contributed by atoms with Gasteiger partial charge in [-0.25, -0.2) is 0 Å². The van der Waals surface area contributed by atoms with E-state index in [0.29, 0.717) is 11.1 Å². The van der Waals surface area contributed by atoms with Gasteiger partial charge in [0.15, 0.2) is 17.1 Å². The van der Waals surface area contributed by atoms with Crippen LogP contribution >= 0.6 is 0 Å². The number of hydrogen-bond acceptors (Lipinski definition) is 8. The average molecular weight is 711 g/mol. The van der Waals surface area contributed by atoms with Gasteiger partial charge >= 0.3 is 0 Å². The van der Waals surface area contributed by atoms with Crippen LogP contribution < -0.4 is 10.9 Å². The van der Waals surface area contributed by atoms with Gasteiger partial charge in [-0.15, -0.1) is 0 Å². The monoisotopic (exact) mass is 710 g/mol. The first-order chi connectivity index (χ1) is 23.6. The van der Waals surface area contributed by atoms with E-state index in [-0.39, 0.29) is 49.2 Å². The number of benzene rings is 5. The zero-order valence-corrected chi connectivity index (χ0v) is 27.9. The van der Waals surface area contributed by atoms with Gasteiger partial charge in [0, 0.05) is 27.1 Å². The maximum Gasteiger partial charge on any atom is 0.295 e. The topological polar surface area (TPSA) is 190 Å². The van der Waals surface area contributed by atoms with E-state index in [1.807, 2.05) is 0 Å². The number of aliphatic hydroxyl groups excluding tert-OH is 1. The summed E-state index contributed by atoms with van der Waals surface area (Å²) in [4.78, 5) is 41.6. The van der Waals surface area contributed by atoms with Gasteiger partial charge < -0.3 is 9.67 Å². The summed E-state index contributed by atoms with van der Waals surface area (Å²) in [5.41, 5.74) is -0.148. The maximum atomic E-state index is 14.4. The number of carbonyl (C=O) groups is 1. The minimum absolute atomic E-state index is 0.00191. The van der Waals surface area contributed by atoms with Crippen LogP contribution in [0.3, 0.4) is 0 Å². The Morgan fingerprint density at radius 1 is 0.600 bits per heavy atom. The number of nitrogens with zero attached hydrogens (tertiary/aromatic N) is 2. The third kappa shape index (κ3) is 5.21. The van der Waals surface area contributed by atoms with Gasteiger partial charge in [0.2, 0.25) is 0 Å². The lowest BCUT2D eigenvalue weighted by molar-refractivity contribution is 0.0965. The van der Waals surface area contributed by atoms with Crippen molar-refractivity contribution >= 4 is 69.8 Å². The smallest absolute Gasteiger partial charge is 0.295 e. The van der Waals surface area contributed by atoms with Gasteiger partial charge in [-0.2, -0.15) is 16.8 Å². The van der Waals surface area contributed by atoms with Crippen LogP contribution in [0.15, 0.2) is 116 Å². The molecule has 0 spiro atoms. The first-order valence-corrected chi connectivity index (χ1v) is 17.9. The summed E-state index contributed by atoms with van der Waals surface area (Å²) in [6.45, 7) is 3.48. The number of aromatic nitrogens is 2. The van der Waals surface area contributed by atoms with Crippen LogP contribution in [0.1, 0.15) is 33.3 Å². The molecule has 0 saturated heterocycles. The Morgan fingerprint density at radius 2 is 1.08 bits per heavy atom. The van der Waals surface area contributed by atoms with E-state index in [1.165, 1.54) is 59.2 Å². The fourth-order valence-corrected chi connectivity index (χ4v) is 7.89. The molecule has 7 rings (SSSR count). The first kappa shape index (κ1) is 33.0. The van der Waals surface area contributed by atoms with Crippen molar-refractivity contribution in [3.63, 3.8) is 0 Å². The van der Waals surface area contributed by atoms with Crippen molar-refractivity contribution in [1.29, 1.82) is 0 Å². The molecule has 2 aromatic heterocycles. The van der Waals surface area contributed by atoms with Crippen LogP contribution in [-0.2, 0) is 20.2 Å².